The Hall–Kier alpha value is -1.67. The molecule has 1 aliphatic heterocycles. The summed E-state index contributed by atoms with van der Waals surface area (Å²) in [5.74, 6) is -2.84. The average molecular weight is 335 g/mol. The maximum Gasteiger partial charge on any atom is 0.573 e. The van der Waals surface area contributed by atoms with Gasteiger partial charge in [-0.2, -0.15) is 0 Å². The van der Waals surface area contributed by atoms with E-state index in [-0.39, 0.29) is 5.78 Å². The lowest BCUT2D eigenvalue weighted by Crippen LogP contribution is -2.40. The van der Waals surface area contributed by atoms with Crippen LogP contribution in [0.2, 0.25) is 0 Å². The number of carbonyl (C=O) groups excluding carboxylic acids is 1. The number of ketones is 1. The van der Waals surface area contributed by atoms with Gasteiger partial charge in [-0.25, -0.2) is 4.39 Å². The number of Topliss-reactive ketones (excluding diaryl/α,β-unsaturated/α-hetero) is 1. The van der Waals surface area contributed by atoms with Crippen molar-refractivity contribution in [3.8, 4) is 5.75 Å². The van der Waals surface area contributed by atoms with Gasteiger partial charge in [-0.3, -0.25) is 9.69 Å². The zero-order chi connectivity index (χ0) is 17.0. The second-order valence-electron chi connectivity index (χ2n) is 5.31. The molecule has 1 fully saturated rings. The van der Waals surface area contributed by atoms with Gasteiger partial charge in [0.05, 0.1) is 19.1 Å². The van der Waals surface area contributed by atoms with Gasteiger partial charge >= 0.3 is 6.36 Å². The molecule has 1 atom stereocenters. The fourth-order valence-electron chi connectivity index (χ4n) is 2.45. The summed E-state index contributed by atoms with van der Waals surface area (Å²) >= 11 is 0. The van der Waals surface area contributed by atoms with Crippen molar-refractivity contribution in [3.63, 3.8) is 0 Å². The highest BCUT2D eigenvalue weighted by Crippen LogP contribution is 2.29. The van der Waals surface area contributed by atoms with Crippen LogP contribution in [0.4, 0.5) is 17.6 Å². The van der Waals surface area contributed by atoms with Crippen LogP contribution in [0.3, 0.4) is 0 Å². The Balaban J connectivity index is 2.15. The van der Waals surface area contributed by atoms with E-state index in [0.29, 0.717) is 38.4 Å². The quantitative estimate of drug-likeness (QED) is 0.776. The smallest absolute Gasteiger partial charge is 0.403 e. The largest absolute Gasteiger partial charge is 0.573 e. The minimum absolute atomic E-state index is 0.180. The second-order valence-corrected chi connectivity index (χ2v) is 5.31. The normalized spacial score (nSPS) is 17.8. The standard InChI is InChI=1S/C15H17F4NO3/c1-10(21)12(9-20-4-6-22-7-5-20)11-2-3-14(13(16)8-11)23-15(17,18)19/h2-3,8,12H,4-7,9H2,1H3/t12-/m1/s1. The number of morpholine rings is 1. The Morgan fingerprint density at radius 1 is 1.35 bits per heavy atom. The molecule has 0 N–H and O–H groups in total. The molecular weight excluding hydrogens is 318 g/mol. The Kier molecular flexibility index (Phi) is 5.59. The summed E-state index contributed by atoms with van der Waals surface area (Å²) in [7, 11) is 0. The Labute approximate surface area is 131 Å². The molecule has 0 bridgehead atoms. The van der Waals surface area contributed by atoms with Crippen molar-refractivity contribution < 1.29 is 31.8 Å². The monoisotopic (exact) mass is 335 g/mol. The van der Waals surface area contributed by atoms with Gasteiger partial charge in [0.25, 0.3) is 0 Å². The maximum absolute atomic E-state index is 13.8. The van der Waals surface area contributed by atoms with Crippen LogP contribution in [0.25, 0.3) is 0 Å². The minimum atomic E-state index is -4.96. The van der Waals surface area contributed by atoms with Gasteiger partial charge in [0, 0.05) is 19.6 Å². The number of halogens is 4. The third kappa shape index (κ3) is 5.18. The number of benzene rings is 1. The average Bonchev–Trinajstić information content (AvgIpc) is 2.46. The van der Waals surface area contributed by atoms with Crippen LogP contribution in [0, 0.1) is 5.82 Å². The highest BCUT2D eigenvalue weighted by atomic mass is 19.4. The molecule has 128 valence electrons. The first kappa shape index (κ1) is 17.7. The van der Waals surface area contributed by atoms with E-state index in [1.165, 1.54) is 13.0 Å². The number of nitrogens with zero attached hydrogens (tertiary/aromatic N) is 1. The van der Waals surface area contributed by atoms with E-state index < -0.39 is 23.8 Å². The molecule has 8 heteroatoms. The van der Waals surface area contributed by atoms with Gasteiger partial charge in [-0.15, -0.1) is 13.2 Å². The molecule has 0 amide bonds. The van der Waals surface area contributed by atoms with Crippen molar-refractivity contribution in [1.82, 2.24) is 4.90 Å². The minimum Gasteiger partial charge on any atom is -0.403 e. The summed E-state index contributed by atoms with van der Waals surface area (Å²) < 4.78 is 59.1. The van der Waals surface area contributed by atoms with Gasteiger partial charge in [-0.05, 0) is 24.6 Å². The fraction of sp³-hybridized carbons (Fsp3) is 0.533. The summed E-state index contributed by atoms with van der Waals surface area (Å²) in [6, 6.07) is 3.11. The predicted octanol–water partition coefficient (Wildman–Crippen LogP) is 2.73. The van der Waals surface area contributed by atoms with Gasteiger partial charge < -0.3 is 9.47 Å². The lowest BCUT2D eigenvalue weighted by Gasteiger charge is -2.29. The zero-order valence-corrected chi connectivity index (χ0v) is 12.5. The second kappa shape index (κ2) is 7.27. The van der Waals surface area contributed by atoms with E-state index >= 15 is 0 Å². The Morgan fingerprint density at radius 3 is 2.52 bits per heavy atom. The van der Waals surface area contributed by atoms with E-state index in [1.54, 1.807) is 0 Å². The van der Waals surface area contributed by atoms with Gasteiger partial charge in [-0.1, -0.05) is 6.07 Å². The summed E-state index contributed by atoms with van der Waals surface area (Å²) in [5, 5.41) is 0. The van der Waals surface area contributed by atoms with E-state index in [4.69, 9.17) is 4.74 Å². The molecule has 0 saturated carbocycles. The summed E-state index contributed by atoms with van der Waals surface area (Å²) in [5.41, 5.74) is 0.330. The molecule has 1 aromatic carbocycles. The van der Waals surface area contributed by atoms with Crippen molar-refractivity contribution in [1.29, 1.82) is 0 Å². The van der Waals surface area contributed by atoms with Crippen molar-refractivity contribution in [2.75, 3.05) is 32.8 Å². The highest BCUT2D eigenvalue weighted by molar-refractivity contribution is 5.83. The van der Waals surface area contributed by atoms with Crippen molar-refractivity contribution in [2.24, 2.45) is 0 Å². The van der Waals surface area contributed by atoms with Crippen LogP contribution in [-0.4, -0.2) is 49.9 Å². The van der Waals surface area contributed by atoms with E-state index in [2.05, 4.69) is 4.74 Å². The molecule has 0 radical (unpaired) electrons. The highest BCUT2D eigenvalue weighted by Gasteiger charge is 2.32. The molecule has 0 aliphatic carbocycles. The zero-order valence-electron chi connectivity index (χ0n) is 12.5. The van der Waals surface area contributed by atoms with Crippen LogP contribution in [0.1, 0.15) is 18.4 Å². The van der Waals surface area contributed by atoms with E-state index in [0.717, 1.165) is 12.1 Å². The Morgan fingerprint density at radius 2 is 2.00 bits per heavy atom. The molecular formula is C15H17F4NO3. The molecule has 0 unspecified atom stereocenters. The third-order valence-corrected chi connectivity index (χ3v) is 3.62. The molecule has 0 spiro atoms. The lowest BCUT2D eigenvalue weighted by atomic mass is 9.94. The number of carbonyl (C=O) groups is 1. The molecule has 1 saturated heterocycles. The van der Waals surface area contributed by atoms with Crippen LogP contribution in [-0.2, 0) is 9.53 Å². The topological polar surface area (TPSA) is 38.8 Å². The molecule has 0 aromatic heterocycles. The molecule has 4 nitrogen and oxygen atoms in total. The number of hydrogen-bond acceptors (Lipinski definition) is 4. The van der Waals surface area contributed by atoms with Crippen LogP contribution < -0.4 is 4.74 Å². The number of ether oxygens (including phenoxy) is 2. The summed E-state index contributed by atoms with van der Waals surface area (Å²) in [6.07, 6.45) is -4.96. The lowest BCUT2D eigenvalue weighted by molar-refractivity contribution is -0.275. The first-order valence-corrected chi connectivity index (χ1v) is 7.12. The number of hydrogen-bond donors (Lipinski definition) is 0. The summed E-state index contributed by atoms with van der Waals surface area (Å²) in [6.45, 7) is 4.17. The number of rotatable bonds is 5. The third-order valence-electron chi connectivity index (χ3n) is 3.62. The van der Waals surface area contributed by atoms with Crippen molar-refractivity contribution in [2.45, 2.75) is 19.2 Å². The maximum atomic E-state index is 13.8. The van der Waals surface area contributed by atoms with E-state index in [1.807, 2.05) is 4.90 Å². The molecule has 1 heterocycles. The predicted molar refractivity (Wildman–Crippen MR) is 73.8 cm³/mol. The van der Waals surface area contributed by atoms with Crippen LogP contribution in [0.5, 0.6) is 5.75 Å². The van der Waals surface area contributed by atoms with Crippen molar-refractivity contribution in [3.05, 3.63) is 29.6 Å². The van der Waals surface area contributed by atoms with Crippen molar-refractivity contribution >= 4 is 5.78 Å². The van der Waals surface area contributed by atoms with Crippen LogP contribution >= 0.6 is 0 Å². The first-order chi connectivity index (χ1) is 10.8. The summed E-state index contributed by atoms with van der Waals surface area (Å²) in [4.78, 5) is 13.9. The molecule has 23 heavy (non-hydrogen) atoms. The van der Waals surface area contributed by atoms with Gasteiger partial charge in [0.15, 0.2) is 11.6 Å². The van der Waals surface area contributed by atoms with Gasteiger partial charge in [0.1, 0.15) is 5.78 Å². The van der Waals surface area contributed by atoms with Gasteiger partial charge in [0.2, 0.25) is 0 Å². The molecule has 1 aliphatic rings. The first-order valence-electron chi connectivity index (χ1n) is 7.12. The fourth-order valence-corrected chi connectivity index (χ4v) is 2.45. The Bertz CT molecular complexity index is 556. The number of alkyl halides is 3. The SMILES string of the molecule is CC(=O)[C@@H](CN1CCOCC1)c1ccc(OC(F)(F)F)c(F)c1. The van der Waals surface area contributed by atoms with Crippen LogP contribution in [0.15, 0.2) is 18.2 Å². The molecule has 1 aromatic rings. The van der Waals surface area contributed by atoms with E-state index in [9.17, 15) is 22.4 Å². The molecule has 2 rings (SSSR count).